The van der Waals surface area contributed by atoms with E-state index in [0.717, 1.165) is 6.54 Å². The Kier molecular flexibility index (Phi) is 2.18. The highest BCUT2D eigenvalue weighted by atomic mass is 15.2. The smallest absolute Gasteiger partial charge is 0.0511 e. The van der Waals surface area contributed by atoms with E-state index in [1.807, 2.05) is 0 Å². The zero-order chi connectivity index (χ0) is 10.3. The van der Waals surface area contributed by atoms with Gasteiger partial charge in [0.2, 0.25) is 0 Å². The van der Waals surface area contributed by atoms with Crippen molar-refractivity contribution in [1.82, 2.24) is 9.88 Å². The summed E-state index contributed by atoms with van der Waals surface area (Å²) in [6.07, 6.45) is 2.20. The molecule has 1 atom stereocenters. The third-order valence-electron chi connectivity index (χ3n) is 3.17. The van der Waals surface area contributed by atoms with E-state index in [4.69, 9.17) is 0 Å². The first-order valence-electron chi connectivity index (χ1n) is 5.43. The normalized spacial score (nSPS) is 25.1. The fraction of sp³-hybridized carbons (Fsp3) is 0.667. The SMILES string of the molecule is CC(C)[C@H]1NCC(C)(C)n2cccc21. The first-order chi connectivity index (χ1) is 6.52. The van der Waals surface area contributed by atoms with Crippen LogP contribution in [0.25, 0.3) is 0 Å². The molecule has 2 rings (SSSR count). The van der Waals surface area contributed by atoms with Crippen LogP contribution in [0, 0.1) is 5.92 Å². The number of rotatable bonds is 1. The number of fused-ring (bicyclic) bond motifs is 1. The molecule has 78 valence electrons. The highest BCUT2D eigenvalue weighted by Crippen LogP contribution is 2.31. The van der Waals surface area contributed by atoms with Gasteiger partial charge in [-0.15, -0.1) is 0 Å². The van der Waals surface area contributed by atoms with Crippen LogP contribution >= 0.6 is 0 Å². The van der Waals surface area contributed by atoms with Crippen LogP contribution in [0.4, 0.5) is 0 Å². The van der Waals surface area contributed by atoms with Crippen molar-refractivity contribution in [3.8, 4) is 0 Å². The molecule has 0 bridgehead atoms. The Bertz CT molecular complexity index is 323. The minimum atomic E-state index is 0.213. The van der Waals surface area contributed by atoms with Gasteiger partial charge in [-0.3, -0.25) is 0 Å². The highest BCUT2D eigenvalue weighted by Gasteiger charge is 2.32. The number of hydrogen-bond acceptors (Lipinski definition) is 1. The van der Waals surface area contributed by atoms with Crippen LogP contribution in [0.5, 0.6) is 0 Å². The molecule has 1 aliphatic heterocycles. The van der Waals surface area contributed by atoms with Gasteiger partial charge in [0.05, 0.1) is 5.54 Å². The maximum Gasteiger partial charge on any atom is 0.0511 e. The van der Waals surface area contributed by atoms with Gasteiger partial charge >= 0.3 is 0 Å². The Labute approximate surface area is 86.3 Å². The second-order valence-electron chi connectivity index (χ2n) is 5.22. The van der Waals surface area contributed by atoms with Gasteiger partial charge < -0.3 is 9.88 Å². The standard InChI is InChI=1S/C12H20N2/c1-9(2)11-10-6-5-7-14(10)12(3,4)8-13-11/h5-7,9,11,13H,8H2,1-4H3/t11-/m1/s1. The molecule has 0 radical (unpaired) electrons. The molecule has 1 aromatic heterocycles. The summed E-state index contributed by atoms with van der Waals surface area (Å²) in [4.78, 5) is 0. The van der Waals surface area contributed by atoms with Gasteiger partial charge in [0.25, 0.3) is 0 Å². The van der Waals surface area contributed by atoms with Crippen molar-refractivity contribution in [3.05, 3.63) is 24.0 Å². The summed E-state index contributed by atoms with van der Waals surface area (Å²) < 4.78 is 2.41. The summed E-state index contributed by atoms with van der Waals surface area (Å²) in [5.41, 5.74) is 1.64. The van der Waals surface area contributed by atoms with E-state index in [1.165, 1.54) is 5.69 Å². The number of nitrogens with zero attached hydrogens (tertiary/aromatic N) is 1. The van der Waals surface area contributed by atoms with Gasteiger partial charge in [-0.05, 0) is 31.9 Å². The topological polar surface area (TPSA) is 17.0 Å². The summed E-state index contributed by atoms with van der Waals surface area (Å²) in [6.45, 7) is 10.2. The molecule has 2 heteroatoms. The molecule has 0 fully saturated rings. The third kappa shape index (κ3) is 1.38. The van der Waals surface area contributed by atoms with Crippen LogP contribution in [-0.2, 0) is 5.54 Å². The quantitative estimate of drug-likeness (QED) is 0.723. The van der Waals surface area contributed by atoms with Crippen molar-refractivity contribution in [2.45, 2.75) is 39.3 Å². The van der Waals surface area contributed by atoms with Crippen LogP contribution in [0.3, 0.4) is 0 Å². The van der Waals surface area contributed by atoms with Crippen molar-refractivity contribution < 1.29 is 0 Å². The zero-order valence-corrected chi connectivity index (χ0v) is 9.54. The molecule has 0 saturated heterocycles. The minimum absolute atomic E-state index is 0.213. The summed E-state index contributed by atoms with van der Waals surface area (Å²) in [5, 5.41) is 3.63. The van der Waals surface area contributed by atoms with Gasteiger partial charge in [-0.25, -0.2) is 0 Å². The average molecular weight is 192 g/mol. The van der Waals surface area contributed by atoms with E-state index in [2.05, 4.69) is 55.9 Å². The fourth-order valence-electron chi connectivity index (χ4n) is 2.33. The molecule has 0 spiro atoms. The van der Waals surface area contributed by atoms with Gasteiger partial charge in [0, 0.05) is 24.5 Å². The minimum Gasteiger partial charge on any atom is -0.343 e. The lowest BCUT2D eigenvalue weighted by Crippen LogP contribution is -2.47. The Morgan fingerprint density at radius 2 is 2.21 bits per heavy atom. The highest BCUT2D eigenvalue weighted by molar-refractivity contribution is 5.18. The second-order valence-corrected chi connectivity index (χ2v) is 5.22. The van der Waals surface area contributed by atoms with E-state index in [-0.39, 0.29) is 5.54 Å². The molecule has 0 unspecified atom stereocenters. The maximum atomic E-state index is 3.63. The van der Waals surface area contributed by atoms with Crippen LogP contribution < -0.4 is 5.32 Å². The molecular formula is C12H20N2. The molecule has 1 aromatic rings. The van der Waals surface area contributed by atoms with E-state index < -0.39 is 0 Å². The van der Waals surface area contributed by atoms with E-state index >= 15 is 0 Å². The van der Waals surface area contributed by atoms with Crippen LogP contribution in [0.2, 0.25) is 0 Å². The largest absolute Gasteiger partial charge is 0.343 e. The number of aromatic nitrogens is 1. The van der Waals surface area contributed by atoms with Crippen LogP contribution in [0.1, 0.15) is 39.4 Å². The van der Waals surface area contributed by atoms with Crippen molar-refractivity contribution >= 4 is 0 Å². The molecule has 0 aromatic carbocycles. The first kappa shape index (κ1) is 9.78. The molecular weight excluding hydrogens is 172 g/mol. The molecule has 14 heavy (non-hydrogen) atoms. The van der Waals surface area contributed by atoms with Gasteiger partial charge in [-0.2, -0.15) is 0 Å². The Balaban J connectivity index is 2.42. The number of hydrogen-bond donors (Lipinski definition) is 1. The summed E-state index contributed by atoms with van der Waals surface area (Å²) >= 11 is 0. The molecule has 0 amide bonds. The Morgan fingerprint density at radius 3 is 2.86 bits per heavy atom. The van der Waals surface area contributed by atoms with Crippen molar-refractivity contribution in [2.75, 3.05) is 6.54 Å². The molecule has 2 heterocycles. The summed E-state index contributed by atoms with van der Waals surface area (Å²) in [7, 11) is 0. The second kappa shape index (κ2) is 3.13. The van der Waals surface area contributed by atoms with E-state index in [0.29, 0.717) is 12.0 Å². The van der Waals surface area contributed by atoms with Crippen molar-refractivity contribution in [1.29, 1.82) is 0 Å². The van der Waals surface area contributed by atoms with Gasteiger partial charge in [0.15, 0.2) is 0 Å². The van der Waals surface area contributed by atoms with Gasteiger partial charge in [-0.1, -0.05) is 13.8 Å². The maximum absolute atomic E-state index is 3.63. The summed E-state index contributed by atoms with van der Waals surface area (Å²) in [5.74, 6) is 0.653. The predicted molar refractivity (Wildman–Crippen MR) is 59.3 cm³/mol. The predicted octanol–water partition coefficient (Wildman–Crippen LogP) is 2.52. The number of nitrogens with one attached hydrogen (secondary N) is 1. The lowest BCUT2D eigenvalue weighted by molar-refractivity contribution is 0.231. The van der Waals surface area contributed by atoms with Gasteiger partial charge in [0.1, 0.15) is 0 Å². The Morgan fingerprint density at radius 1 is 1.50 bits per heavy atom. The van der Waals surface area contributed by atoms with Crippen LogP contribution in [0.15, 0.2) is 18.3 Å². The zero-order valence-electron chi connectivity index (χ0n) is 9.54. The summed E-state index contributed by atoms with van der Waals surface area (Å²) in [6, 6.07) is 4.90. The first-order valence-corrected chi connectivity index (χ1v) is 5.43. The monoisotopic (exact) mass is 192 g/mol. The average Bonchev–Trinajstić information content (AvgIpc) is 2.52. The van der Waals surface area contributed by atoms with E-state index in [9.17, 15) is 0 Å². The molecule has 0 aliphatic carbocycles. The molecule has 0 saturated carbocycles. The van der Waals surface area contributed by atoms with E-state index in [1.54, 1.807) is 0 Å². The van der Waals surface area contributed by atoms with Crippen molar-refractivity contribution in [3.63, 3.8) is 0 Å². The lowest BCUT2D eigenvalue weighted by Gasteiger charge is -2.40. The lowest BCUT2D eigenvalue weighted by atomic mass is 9.93. The van der Waals surface area contributed by atoms with Crippen molar-refractivity contribution in [2.24, 2.45) is 5.92 Å². The molecule has 1 aliphatic rings. The molecule has 1 N–H and O–H groups in total. The molecule has 2 nitrogen and oxygen atoms in total. The Hall–Kier alpha value is -0.760. The third-order valence-corrected chi connectivity index (χ3v) is 3.17. The van der Waals surface area contributed by atoms with Crippen LogP contribution in [-0.4, -0.2) is 11.1 Å². The fourth-order valence-corrected chi connectivity index (χ4v) is 2.33.